The molecule has 2 unspecified atom stereocenters. The molecule has 0 N–H and O–H groups in total. The van der Waals surface area contributed by atoms with Gasteiger partial charge in [-0.1, -0.05) is 39.0 Å². The van der Waals surface area contributed by atoms with Crippen LogP contribution < -0.4 is 0 Å². The Morgan fingerprint density at radius 2 is 1.45 bits per heavy atom. The molecule has 0 radical (unpaired) electrons. The van der Waals surface area contributed by atoms with E-state index in [0.29, 0.717) is 11.8 Å². The maximum absolute atomic E-state index is 12.6. The number of amides is 1. The van der Waals surface area contributed by atoms with Crippen molar-refractivity contribution in [2.45, 2.75) is 71.1 Å². The van der Waals surface area contributed by atoms with E-state index in [9.17, 15) is 4.79 Å². The fourth-order valence-corrected chi connectivity index (χ4v) is 4.85. The third-order valence-corrected chi connectivity index (χ3v) is 6.34. The molecule has 1 amide bonds. The van der Waals surface area contributed by atoms with Gasteiger partial charge in [-0.05, 0) is 49.4 Å². The highest BCUT2D eigenvalue weighted by Crippen LogP contribution is 2.38. The maximum Gasteiger partial charge on any atom is 0.222 e. The van der Waals surface area contributed by atoms with Gasteiger partial charge in [0.2, 0.25) is 5.91 Å². The molecule has 0 aromatic heterocycles. The fraction of sp³-hybridized carbons (Fsp3) is 0.944. The van der Waals surface area contributed by atoms with E-state index in [2.05, 4.69) is 11.8 Å². The van der Waals surface area contributed by atoms with Crippen molar-refractivity contribution in [3.05, 3.63) is 0 Å². The molecule has 2 saturated carbocycles. The summed E-state index contributed by atoms with van der Waals surface area (Å²) in [5, 5.41) is 0. The van der Waals surface area contributed by atoms with Gasteiger partial charge in [-0.25, -0.2) is 0 Å². The molecule has 2 aliphatic carbocycles. The van der Waals surface area contributed by atoms with Crippen LogP contribution in [0.2, 0.25) is 0 Å². The molecular formula is C18H31NO. The van der Waals surface area contributed by atoms with E-state index in [0.717, 1.165) is 37.3 Å². The monoisotopic (exact) mass is 277 g/mol. The Bertz CT molecular complexity index is 318. The van der Waals surface area contributed by atoms with Crippen LogP contribution in [-0.4, -0.2) is 23.9 Å². The van der Waals surface area contributed by atoms with Crippen LogP contribution in [0.5, 0.6) is 0 Å². The van der Waals surface area contributed by atoms with Gasteiger partial charge in [0.15, 0.2) is 0 Å². The zero-order valence-corrected chi connectivity index (χ0v) is 13.2. The van der Waals surface area contributed by atoms with E-state index in [4.69, 9.17) is 0 Å². The van der Waals surface area contributed by atoms with Crippen molar-refractivity contribution in [3.8, 4) is 0 Å². The number of hydrogen-bond donors (Lipinski definition) is 0. The van der Waals surface area contributed by atoms with E-state index in [1.807, 2.05) is 0 Å². The van der Waals surface area contributed by atoms with Gasteiger partial charge in [-0.3, -0.25) is 4.79 Å². The van der Waals surface area contributed by atoms with Crippen molar-refractivity contribution in [1.82, 2.24) is 4.90 Å². The van der Waals surface area contributed by atoms with Crippen molar-refractivity contribution >= 4 is 5.91 Å². The molecule has 2 bridgehead atoms. The Morgan fingerprint density at radius 1 is 0.900 bits per heavy atom. The molecule has 2 heteroatoms. The highest BCUT2D eigenvalue weighted by Gasteiger charge is 2.37. The van der Waals surface area contributed by atoms with Crippen LogP contribution in [0.1, 0.15) is 71.1 Å². The molecule has 2 nitrogen and oxygen atoms in total. The number of carbonyl (C=O) groups excluding carboxylic acids is 1. The molecule has 2 atom stereocenters. The largest absolute Gasteiger partial charge is 0.342 e. The fourth-order valence-electron chi connectivity index (χ4n) is 4.85. The normalized spacial score (nSPS) is 35.6. The summed E-state index contributed by atoms with van der Waals surface area (Å²) in [5.41, 5.74) is 0. The summed E-state index contributed by atoms with van der Waals surface area (Å²) in [4.78, 5) is 14.9. The summed E-state index contributed by atoms with van der Waals surface area (Å²) in [7, 11) is 0. The zero-order chi connectivity index (χ0) is 13.9. The van der Waals surface area contributed by atoms with Crippen LogP contribution >= 0.6 is 0 Å². The number of likely N-dealkylation sites (tertiary alicyclic amines) is 1. The number of hydrogen-bond acceptors (Lipinski definition) is 1. The van der Waals surface area contributed by atoms with E-state index in [-0.39, 0.29) is 0 Å². The van der Waals surface area contributed by atoms with E-state index >= 15 is 0 Å². The SMILES string of the molecule is CC1C2CCCCC1CN(C(=O)CC1CCCCC1)C2. The van der Waals surface area contributed by atoms with Crippen LogP contribution in [0, 0.1) is 23.7 Å². The first-order valence-corrected chi connectivity index (χ1v) is 9.02. The minimum Gasteiger partial charge on any atom is -0.342 e. The maximum atomic E-state index is 12.6. The quantitative estimate of drug-likeness (QED) is 0.739. The van der Waals surface area contributed by atoms with Crippen LogP contribution in [0.4, 0.5) is 0 Å². The first kappa shape index (κ1) is 14.4. The molecule has 0 spiro atoms. The van der Waals surface area contributed by atoms with Crippen LogP contribution in [0.15, 0.2) is 0 Å². The van der Waals surface area contributed by atoms with Gasteiger partial charge < -0.3 is 4.90 Å². The van der Waals surface area contributed by atoms with Gasteiger partial charge in [-0.2, -0.15) is 0 Å². The standard InChI is InChI=1S/C18H31NO/c1-14-16-9-5-6-10-17(14)13-19(12-16)18(20)11-15-7-3-2-4-8-15/h14-17H,2-13H2,1H3. The van der Waals surface area contributed by atoms with Crippen molar-refractivity contribution in [1.29, 1.82) is 0 Å². The van der Waals surface area contributed by atoms with E-state index in [1.54, 1.807) is 0 Å². The molecule has 1 heterocycles. The van der Waals surface area contributed by atoms with Gasteiger partial charge in [0, 0.05) is 19.5 Å². The molecule has 114 valence electrons. The highest BCUT2D eigenvalue weighted by molar-refractivity contribution is 5.76. The van der Waals surface area contributed by atoms with Gasteiger partial charge >= 0.3 is 0 Å². The number of carbonyl (C=O) groups is 1. The number of nitrogens with zero attached hydrogens (tertiary/aromatic N) is 1. The molecule has 20 heavy (non-hydrogen) atoms. The predicted molar refractivity (Wildman–Crippen MR) is 82.4 cm³/mol. The average Bonchev–Trinajstić information content (AvgIpc) is 2.58. The third kappa shape index (κ3) is 3.20. The summed E-state index contributed by atoms with van der Waals surface area (Å²) in [6, 6.07) is 0. The van der Waals surface area contributed by atoms with Gasteiger partial charge in [0.05, 0.1) is 0 Å². The zero-order valence-electron chi connectivity index (χ0n) is 13.2. The molecule has 3 rings (SSSR count). The van der Waals surface area contributed by atoms with Gasteiger partial charge in [0.1, 0.15) is 0 Å². The van der Waals surface area contributed by atoms with Crippen LogP contribution in [-0.2, 0) is 4.79 Å². The molecule has 1 aliphatic heterocycles. The Balaban J connectivity index is 1.57. The number of fused-ring (bicyclic) bond motifs is 2. The average molecular weight is 277 g/mol. The lowest BCUT2D eigenvalue weighted by molar-refractivity contribution is -0.136. The molecule has 1 saturated heterocycles. The van der Waals surface area contributed by atoms with Gasteiger partial charge in [0.25, 0.3) is 0 Å². The molecule has 0 aromatic carbocycles. The van der Waals surface area contributed by atoms with Crippen molar-refractivity contribution in [2.24, 2.45) is 23.7 Å². The third-order valence-electron chi connectivity index (χ3n) is 6.34. The highest BCUT2D eigenvalue weighted by atomic mass is 16.2. The minimum atomic E-state index is 0.473. The first-order valence-electron chi connectivity index (χ1n) is 9.02. The lowest BCUT2D eigenvalue weighted by Crippen LogP contribution is -2.47. The molecule has 0 aromatic rings. The van der Waals surface area contributed by atoms with E-state index < -0.39 is 0 Å². The summed E-state index contributed by atoms with van der Waals surface area (Å²) >= 11 is 0. The lowest BCUT2D eigenvalue weighted by atomic mass is 9.77. The summed E-state index contributed by atoms with van der Waals surface area (Å²) in [6.07, 6.45) is 13.0. The Labute approximate surface area is 124 Å². The smallest absolute Gasteiger partial charge is 0.222 e. The van der Waals surface area contributed by atoms with Gasteiger partial charge in [-0.15, -0.1) is 0 Å². The molecular weight excluding hydrogens is 246 g/mol. The molecule has 3 fully saturated rings. The van der Waals surface area contributed by atoms with Crippen molar-refractivity contribution < 1.29 is 4.79 Å². The summed E-state index contributed by atoms with van der Waals surface area (Å²) < 4.78 is 0. The second kappa shape index (κ2) is 6.49. The number of piperidine rings is 1. The first-order chi connectivity index (χ1) is 9.74. The Hall–Kier alpha value is -0.530. The predicted octanol–water partition coefficient (Wildman–Crippen LogP) is 4.24. The Morgan fingerprint density at radius 3 is 2.05 bits per heavy atom. The van der Waals surface area contributed by atoms with Crippen LogP contribution in [0.3, 0.4) is 0 Å². The topological polar surface area (TPSA) is 20.3 Å². The minimum absolute atomic E-state index is 0.473. The van der Waals surface area contributed by atoms with Crippen LogP contribution in [0.25, 0.3) is 0 Å². The summed E-state index contributed by atoms with van der Waals surface area (Å²) in [5.74, 6) is 3.58. The van der Waals surface area contributed by atoms with Crippen molar-refractivity contribution in [2.75, 3.05) is 13.1 Å². The molecule has 3 aliphatic rings. The second-order valence-electron chi connectivity index (χ2n) is 7.67. The number of rotatable bonds is 2. The van der Waals surface area contributed by atoms with Crippen molar-refractivity contribution in [3.63, 3.8) is 0 Å². The lowest BCUT2D eigenvalue weighted by Gasteiger charge is -2.42. The second-order valence-corrected chi connectivity index (χ2v) is 7.67. The Kier molecular flexibility index (Phi) is 4.68. The van der Waals surface area contributed by atoms with E-state index in [1.165, 1.54) is 57.8 Å². The summed E-state index contributed by atoms with van der Waals surface area (Å²) in [6.45, 7) is 4.55.